The van der Waals surface area contributed by atoms with Gasteiger partial charge in [0, 0.05) is 18.6 Å². The van der Waals surface area contributed by atoms with E-state index < -0.39 is 11.5 Å². The quantitative estimate of drug-likeness (QED) is 0.892. The molecule has 0 aromatic heterocycles. The average Bonchev–Trinajstić information content (AvgIpc) is 2.88. The Bertz CT molecular complexity index is 536. The van der Waals surface area contributed by atoms with Gasteiger partial charge in [0.2, 0.25) is 0 Å². The lowest BCUT2D eigenvalue weighted by atomic mass is 9.86. The number of aliphatic carboxylic acids is 1. The van der Waals surface area contributed by atoms with Crippen molar-refractivity contribution in [3.63, 3.8) is 0 Å². The molecule has 0 saturated carbocycles. The molecule has 0 spiro atoms. The number of ether oxygens (including phenoxy) is 1. The number of hydrogen-bond acceptors (Lipinski definition) is 3. The first kappa shape index (κ1) is 15.5. The van der Waals surface area contributed by atoms with Crippen molar-refractivity contribution in [2.24, 2.45) is 0 Å². The van der Waals surface area contributed by atoms with Crippen molar-refractivity contribution in [2.75, 3.05) is 13.2 Å². The van der Waals surface area contributed by atoms with E-state index >= 15 is 0 Å². The maximum atomic E-state index is 12.2. The van der Waals surface area contributed by atoms with Gasteiger partial charge in [0.05, 0.1) is 6.61 Å². The van der Waals surface area contributed by atoms with E-state index in [4.69, 9.17) is 4.74 Å². The third-order valence-corrected chi connectivity index (χ3v) is 3.80. The van der Waals surface area contributed by atoms with Gasteiger partial charge in [-0.15, -0.1) is 0 Å². The highest BCUT2D eigenvalue weighted by Gasteiger charge is 2.44. The average molecular weight is 291 g/mol. The van der Waals surface area contributed by atoms with E-state index in [-0.39, 0.29) is 24.3 Å². The van der Waals surface area contributed by atoms with Gasteiger partial charge in [-0.05, 0) is 23.1 Å². The fourth-order valence-corrected chi connectivity index (χ4v) is 2.30. The van der Waals surface area contributed by atoms with Crippen LogP contribution in [0.2, 0.25) is 0 Å². The summed E-state index contributed by atoms with van der Waals surface area (Å²) in [7, 11) is 0. The molecule has 1 fully saturated rings. The molecule has 2 rings (SSSR count). The summed E-state index contributed by atoms with van der Waals surface area (Å²) >= 11 is 0. The molecule has 114 valence electrons. The van der Waals surface area contributed by atoms with Gasteiger partial charge in [-0.25, -0.2) is 4.79 Å². The van der Waals surface area contributed by atoms with Crippen LogP contribution in [0.4, 0.5) is 0 Å². The van der Waals surface area contributed by atoms with Crippen LogP contribution in [-0.4, -0.2) is 35.7 Å². The van der Waals surface area contributed by atoms with E-state index in [2.05, 4.69) is 26.1 Å². The number of carboxylic acid groups (broad SMARTS) is 1. The second-order valence-corrected chi connectivity index (χ2v) is 6.47. The molecule has 1 atom stereocenters. The topological polar surface area (TPSA) is 75.6 Å². The number of carbonyl (C=O) groups is 2. The van der Waals surface area contributed by atoms with E-state index in [1.54, 1.807) is 12.1 Å². The van der Waals surface area contributed by atoms with Crippen molar-refractivity contribution in [3.05, 3.63) is 35.4 Å². The van der Waals surface area contributed by atoms with Crippen molar-refractivity contribution in [3.8, 4) is 0 Å². The van der Waals surface area contributed by atoms with Gasteiger partial charge in [0.25, 0.3) is 5.91 Å². The molecule has 5 nitrogen and oxygen atoms in total. The monoisotopic (exact) mass is 291 g/mol. The fraction of sp³-hybridized carbons (Fsp3) is 0.500. The highest BCUT2D eigenvalue weighted by Crippen LogP contribution is 2.23. The lowest BCUT2D eigenvalue weighted by molar-refractivity contribution is -0.144. The fourth-order valence-electron chi connectivity index (χ4n) is 2.30. The van der Waals surface area contributed by atoms with Crippen LogP contribution in [0.25, 0.3) is 0 Å². The number of benzene rings is 1. The molecule has 1 saturated heterocycles. The standard InChI is InChI=1S/C16H21NO4/c1-15(2,3)12-6-4-11(5-7-12)13(18)17-16(14(19)20)8-9-21-10-16/h4-7H,8-10H2,1-3H3,(H,17,18)(H,19,20). The molecule has 1 aromatic carbocycles. The number of amides is 1. The molecule has 5 heteroatoms. The minimum Gasteiger partial charge on any atom is -0.479 e. The Labute approximate surface area is 124 Å². The molecule has 21 heavy (non-hydrogen) atoms. The summed E-state index contributed by atoms with van der Waals surface area (Å²) in [5.41, 5.74) is 0.280. The van der Waals surface area contributed by atoms with Gasteiger partial charge in [-0.3, -0.25) is 4.79 Å². The maximum Gasteiger partial charge on any atom is 0.331 e. The van der Waals surface area contributed by atoms with E-state index in [0.29, 0.717) is 12.2 Å². The predicted octanol–water partition coefficient (Wildman–Crippen LogP) is 1.96. The van der Waals surface area contributed by atoms with Crippen LogP contribution >= 0.6 is 0 Å². The third kappa shape index (κ3) is 3.24. The molecular weight excluding hydrogens is 270 g/mol. The zero-order chi connectivity index (χ0) is 15.7. The summed E-state index contributed by atoms with van der Waals surface area (Å²) in [6, 6.07) is 7.24. The van der Waals surface area contributed by atoms with E-state index in [0.717, 1.165) is 5.56 Å². The van der Waals surface area contributed by atoms with Crippen molar-refractivity contribution < 1.29 is 19.4 Å². The number of hydrogen-bond donors (Lipinski definition) is 2. The van der Waals surface area contributed by atoms with Gasteiger partial charge in [0.1, 0.15) is 0 Å². The van der Waals surface area contributed by atoms with E-state index in [9.17, 15) is 14.7 Å². The zero-order valence-electron chi connectivity index (χ0n) is 12.6. The molecule has 1 aliphatic heterocycles. The lowest BCUT2D eigenvalue weighted by Crippen LogP contribution is -2.55. The highest BCUT2D eigenvalue weighted by molar-refractivity contribution is 5.98. The Morgan fingerprint density at radius 2 is 1.86 bits per heavy atom. The van der Waals surface area contributed by atoms with Crippen LogP contribution in [0.3, 0.4) is 0 Å². The molecular formula is C16H21NO4. The van der Waals surface area contributed by atoms with Crippen molar-refractivity contribution >= 4 is 11.9 Å². The highest BCUT2D eigenvalue weighted by atomic mass is 16.5. The Balaban J connectivity index is 2.15. The van der Waals surface area contributed by atoms with Crippen molar-refractivity contribution in [1.29, 1.82) is 0 Å². The van der Waals surface area contributed by atoms with Crippen LogP contribution in [0.15, 0.2) is 24.3 Å². The van der Waals surface area contributed by atoms with Crippen molar-refractivity contribution in [2.45, 2.75) is 38.1 Å². The lowest BCUT2D eigenvalue weighted by Gasteiger charge is -2.24. The third-order valence-electron chi connectivity index (χ3n) is 3.80. The van der Waals surface area contributed by atoms with Gasteiger partial charge in [-0.1, -0.05) is 32.9 Å². The predicted molar refractivity (Wildman–Crippen MR) is 78.4 cm³/mol. The summed E-state index contributed by atoms with van der Waals surface area (Å²) in [6.07, 6.45) is 0.286. The summed E-state index contributed by atoms with van der Waals surface area (Å²) in [5, 5.41) is 11.9. The second kappa shape index (κ2) is 5.48. The number of carbonyl (C=O) groups excluding carboxylic acids is 1. The van der Waals surface area contributed by atoms with Crippen LogP contribution < -0.4 is 5.32 Å². The van der Waals surface area contributed by atoms with Crippen LogP contribution in [0, 0.1) is 0 Å². The second-order valence-electron chi connectivity index (χ2n) is 6.47. The summed E-state index contributed by atoms with van der Waals surface area (Å²) in [4.78, 5) is 23.6. The normalized spacial score (nSPS) is 22.0. The molecule has 1 aliphatic rings. The molecule has 1 heterocycles. The molecule has 1 aromatic rings. The smallest absolute Gasteiger partial charge is 0.331 e. The summed E-state index contributed by atoms with van der Waals surface area (Å²) in [5.74, 6) is -1.44. The number of carboxylic acids is 1. The first-order valence-corrected chi connectivity index (χ1v) is 6.99. The van der Waals surface area contributed by atoms with Gasteiger partial charge < -0.3 is 15.2 Å². The number of nitrogens with one attached hydrogen (secondary N) is 1. The minimum absolute atomic E-state index is 0.00808. The molecule has 2 N–H and O–H groups in total. The Hall–Kier alpha value is -1.88. The zero-order valence-corrected chi connectivity index (χ0v) is 12.6. The summed E-state index contributed by atoms with van der Waals surface area (Å²) < 4.78 is 5.13. The minimum atomic E-state index is -1.31. The van der Waals surface area contributed by atoms with Crippen LogP contribution in [0.5, 0.6) is 0 Å². The van der Waals surface area contributed by atoms with Crippen LogP contribution in [-0.2, 0) is 14.9 Å². The molecule has 0 aliphatic carbocycles. The first-order chi connectivity index (χ1) is 9.74. The summed E-state index contributed by atoms with van der Waals surface area (Å²) in [6.45, 7) is 6.63. The largest absolute Gasteiger partial charge is 0.479 e. The Morgan fingerprint density at radius 3 is 2.29 bits per heavy atom. The SMILES string of the molecule is CC(C)(C)c1ccc(C(=O)NC2(C(=O)O)CCOC2)cc1. The first-order valence-electron chi connectivity index (χ1n) is 6.99. The van der Waals surface area contributed by atoms with E-state index in [1.165, 1.54) is 0 Å². The molecule has 0 bridgehead atoms. The van der Waals surface area contributed by atoms with Crippen LogP contribution in [0.1, 0.15) is 43.1 Å². The van der Waals surface area contributed by atoms with Gasteiger partial charge in [0.15, 0.2) is 5.54 Å². The Morgan fingerprint density at radius 1 is 1.24 bits per heavy atom. The Kier molecular flexibility index (Phi) is 4.05. The number of rotatable bonds is 3. The molecule has 1 unspecified atom stereocenters. The van der Waals surface area contributed by atoms with E-state index in [1.807, 2.05) is 12.1 Å². The van der Waals surface area contributed by atoms with Gasteiger partial charge in [-0.2, -0.15) is 0 Å². The maximum absolute atomic E-state index is 12.2. The van der Waals surface area contributed by atoms with Crippen molar-refractivity contribution in [1.82, 2.24) is 5.32 Å². The molecule has 1 amide bonds. The molecule has 0 radical (unpaired) electrons. The van der Waals surface area contributed by atoms with Gasteiger partial charge >= 0.3 is 5.97 Å².